The van der Waals surface area contributed by atoms with Gasteiger partial charge in [-0.15, -0.1) is 0 Å². The quantitative estimate of drug-likeness (QED) is 0.911. The van der Waals surface area contributed by atoms with E-state index < -0.39 is 5.82 Å². The van der Waals surface area contributed by atoms with Gasteiger partial charge in [-0.05, 0) is 37.3 Å². The molecular formula is C14H13ClFN3O. The molecule has 0 fully saturated rings. The Bertz CT molecular complexity index is 661. The molecule has 1 amide bonds. The summed E-state index contributed by atoms with van der Waals surface area (Å²) in [6.45, 7) is 1.80. The molecule has 0 unspecified atom stereocenters. The number of nitrogens with one attached hydrogen (secondary N) is 2. The van der Waals surface area contributed by atoms with Crippen LogP contribution in [0.25, 0.3) is 0 Å². The SMILES string of the molecule is CNc1cc(C(=O)Nc2ccc(F)c(Cl)c2)cc(C)n1. The Morgan fingerprint density at radius 1 is 1.30 bits per heavy atom. The van der Waals surface area contributed by atoms with E-state index in [-0.39, 0.29) is 10.9 Å². The summed E-state index contributed by atoms with van der Waals surface area (Å²) in [5.74, 6) is -0.233. The van der Waals surface area contributed by atoms with Crippen LogP contribution in [0.15, 0.2) is 30.3 Å². The molecule has 6 heteroatoms. The Kier molecular flexibility index (Phi) is 4.20. The lowest BCUT2D eigenvalue weighted by Crippen LogP contribution is -2.13. The molecule has 2 rings (SSSR count). The van der Waals surface area contributed by atoms with Gasteiger partial charge in [-0.25, -0.2) is 9.37 Å². The zero-order valence-corrected chi connectivity index (χ0v) is 11.8. The number of anilines is 2. The standard InChI is InChI=1S/C14H13ClFN3O/c1-8-5-9(6-13(17-2)18-8)14(20)19-10-3-4-12(16)11(15)7-10/h3-7H,1-2H3,(H,17,18)(H,19,20). The third kappa shape index (κ3) is 3.24. The monoisotopic (exact) mass is 293 g/mol. The largest absolute Gasteiger partial charge is 0.373 e. The Labute approximate surface area is 121 Å². The molecule has 20 heavy (non-hydrogen) atoms. The molecule has 2 aromatic rings. The van der Waals surface area contributed by atoms with Crippen LogP contribution in [-0.4, -0.2) is 17.9 Å². The van der Waals surface area contributed by atoms with E-state index in [0.29, 0.717) is 17.1 Å². The number of halogens is 2. The highest BCUT2D eigenvalue weighted by Crippen LogP contribution is 2.20. The fourth-order valence-corrected chi connectivity index (χ4v) is 1.89. The Hall–Kier alpha value is -2.14. The first-order valence-corrected chi connectivity index (χ1v) is 6.30. The van der Waals surface area contributed by atoms with E-state index in [4.69, 9.17) is 11.6 Å². The van der Waals surface area contributed by atoms with Crippen LogP contribution < -0.4 is 10.6 Å². The molecule has 0 spiro atoms. The van der Waals surface area contributed by atoms with Gasteiger partial charge in [0.1, 0.15) is 11.6 Å². The van der Waals surface area contributed by atoms with Crippen molar-refractivity contribution in [1.29, 1.82) is 0 Å². The molecule has 104 valence electrons. The zero-order chi connectivity index (χ0) is 14.7. The number of hydrogen-bond donors (Lipinski definition) is 2. The van der Waals surface area contributed by atoms with Gasteiger partial charge in [0, 0.05) is 24.0 Å². The average Bonchev–Trinajstić information content (AvgIpc) is 2.42. The van der Waals surface area contributed by atoms with Crippen LogP contribution in [-0.2, 0) is 0 Å². The fraction of sp³-hybridized carbons (Fsp3) is 0.143. The van der Waals surface area contributed by atoms with Gasteiger partial charge in [0.25, 0.3) is 5.91 Å². The fourth-order valence-electron chi connectivity index (χ4n) is 1.70. The smallest absolute Gasteiger partial charge is 0.255 e. The van der Waals surface area contributed by atoms with Gasteiger partial charge < -0.3 is 10.6 Å². The third-order valence-corrected chi connectivity index (χ3v) is 2.94. The van der Waals surface area contributed by atoms with Gasteiger partial charge in [-0.3, -0.25) is 4.79 Å². The van der Waals surface area contributed by atoms with E-state index in [1.807, 2.05) is 0 Å². The topological polar surface area (TPSA) is 54.0 Å². The number of benzene rings is 1. The molecule has 0 aliphatic rings. The molecule has 1 aromatic carbocycles. The molecule has 4 nitrogen and oxygen atoms in total. The molecule has 0 aliphatic heterocycles. The van der Waals surface area contributed by atoms with Gasteiger partial charge >= 0.3 is 0 Å². The number of carbonyl (C=O) groups is 1. The highest BCUT2D eigenvalue weighted by atomic mass is 35.5. The van der Waals surface area contributed by atoms with Gasteiger partial charge in [-0.2, -0.15) is 0 Å². The van der Waals surface area contributed by atoms with Crippen molar-refractivity contribution in [2.24, 2.45) is 0 Å². The number of pyridine rings is 1. The molecule has 2 N–H and O–H groups in total. The number of rotatable bonds is 3. The Morgan fingerprint density at radius 2 is 2.05 bits per heavy atom. The highest BCUT2D eigenvalue weighted by Gasteiger charge is 2.10. The molecule has 0 aliphatic carbocycles. The maximum Gasteiger partial charge on any atom is 0.255 e. The van der Waals surface area contributed by atoms with Gasteiger partial charge in [0.05, 0.1) is 5.02 Å². The molecule has 0 saturated heterocycles. The third-order valence-electron chi connectivity index (χ3n) is 2.65. The van der Waals surface area contributed by atoms with Crippen LogP contribution in [0.2, 0.25) is 5.02 Å². The average molecular weight is 294 g/mol. The van der Waals surface area contributed by atoms with Crippen molar-refractivity contribution < 1.29 is 9.18 Å². The van der Waals surface area contributed by atoms with E-state index >= 15 is 0 Å². The number of aromatic nitrogens is 1. The first kappa shape index (κ1) is 14.3. The zero-order valence-electron chi connectivity index (χ0n) is 11.0. The number of amides is 1. The van der Waals surface area contributed by atoms with E-state index in [1.165, 1.54) is 18.2 Å². The number of carbonyl (C=O) groups excluding carboxylic acids is 1. The van der Waals surface area contributed by atoms with Crippen molar-refractivity contribution in [2.45, 2.75) is 6.92 Å². The van der Waals surface area contributed by atoms with Crippen molar-refractivity contribution in [1.82, 2.24) is 4.98 Å². The van der Waals surface area contributed by atoms with Crippen molar-refractivity contribution in [3.63, 3.8) is 0 Å². The summed E-state index contributed by atoms with van der Waals surface area (Å²) in [7, 11) is 1.73. The number of hydrogen-bond acceptors (Lipinski definition) is 3. The molecule has 0 bridgehead atoms. The number of nitrogens with zero attached hydrogens (tertiary/aromatic N) is 1. The summed E-state index contributed by atoms with van der Waals surface area (Å²) in [6, 6.07) is 7.32. The van der Waals surface area contributed by atoms with Crippen molar-refractivity contribution in [3.05, 3.63) is 52.4 Å². The summed E-state index contributed by atoms with van der Waals surface area (Å²) in [5, 5.41) is 5.50. The minimum absolute atomic E-state index is 0.0374. The van der Waals surface area contributed by atoms with Crippen LogP contribution in [0.5, 0.6) is 0 Å². The predicted octanol–water partition coefficient (Wildman–Crippen LogP) is 3.48. The minimum atomic E-state index is -0.526. The molecule has 1 heterocycles. The van der Waals surface area contributed by atoms with Crippen molar-refractivity contribution in [3.8, 4) is 0 Å². The molecule has 0 atom stereocenters. The van der Waals surface area contributed by atoms with Gasteiger partial charge in [-0.1, -0.05) is 11.6 Å². The number of aryl methyl sites for hydroxylation is 1. The maximum atomic E-state index is 13.0. The van der Waals surface area contributed by atoms with E-state index in [0.717, 1.165) is 5.69 Å². The second-order valence-corrected chi connectivity index (χ2v) is 4.62. The first-order valence-electron chi connectivity index (χ1n) is 5.92. The first-order chi connectivity index (χ1) is 9.49. The molecular weight excluding hydrogens is 281 g/mol. The minimum Gasteiger partial charge on any atom is -0.373 e. The van der Waals surface area contributed by atoms with E-state index in [2.05, 4.69) is 15.6 Å². The Morgan fingerprint density at radius 3 is 2.70 bits per heavy atom. The summed E-state index contributed by atoms with van der Waals surface area (Å²) < 4.78 is 13.0. The molecule has 0 radical (unpaired) electrons. The van der Waals surface area contributed by atoms with E-state index in [9.17, 15) is 9.18 Å². The van der Waals surface area contributed by atoms with Crippen molar-refractivity contribution in [2.75, 3.05) is 17.7 Å². The normalized spacial score (nSPS) is 10.2. The summed E-state index contributed by atoms with van der Waals surface area (Å²) in [6.07, 6.45) is 0. The second kappa shape index (κ2) is 5.88. The summed E-state index contributed by atoms with van der Waals surface area (Å²) in [5.41, 5.74) is 1.61. The van der Waals surface area contributed by atoms with Crippen molar-refractivity contribution >= 4 is 29.0 Å². The summed E-state index contributed by atoms with van der Waals surface area (Å²) >= 11 is 5.67. The van der Waals surface area contributed by atoms with Crippen LogP contribution in [0, 0.1) is 12.7 Å². The lowest BCUT2D eigenvalue weighted by atomic mass is 10.2. The van der Waals surface area contributed by atoms with Crippen LogP contribution >= 0.6 is 11.6 Å². The van der Waals surface area contributed by atoms with Gasteiger partial charge in [0.2, 0.25) is 0 Å². The maximum absolute atomic E-state index is 13.0. The second-order valence-electron chi connectivity index (χ2n) is 4.22. The van der Waals surface area contributed by atoms with Crippen LogP contribution in [0.1, 0.15) is 16.1 Å². The molecule has 0 saturated carbocycles. The van der Waals surface area contributed by atoms with Gasteiger partial charge in [0.15, 0.2) is 0 Å². The van der Waals surface area contributed by atoms with Crippen LogP contribution in [0.3, 0.4) is 0 Å². The van der Waals surface area contributed by atoms with E-state index in [1.54, 1.807) is 26.1 Å². The summed E-state index contributed by atoms with van der Waals surface area (Å²) in [4.78, 5) is 16.3. The lowest BCUT2D eigenvalue weighted by molar-refractivity contribution is 0.102. The lowest BCUT2D eigenvalue weighted by Gasteiger charge is -2.08. The predicted molar refractivity (Wildman–Crippen MR) is 77.9 cm³/mol. The van der Waals surface area contributed by atoms with Crippen LogP contribution in [0.4, 0.5) is 15.9 Å². The Balaban J connectivity index is 2.23. The molecule has 1 aromatic heterocycles. The highest BCUT2D eigenvalue weighted by molar-refractivity contribution is 6.31.